The molecule has 13 aromatic carbocycles. The number of anilines is 18. The number of hydrogen-bond acceptors (Lipinski definition) is 6. The van der Waals surface area contributed by atoms with Gasteiger partial charge in [-0.05, 0) is 287 Å². The fourth-order valence-electron chi connectivity index (χ4n) is 13.3. The monoisotopic (exact) mass is 1310 g/mol. The molecular weight excluding hydrogens is 1220 g/mol. The predicted octanol–water partition coefficient (Wildman–Crippen LogP) is 23.5. The van der Waals surface area contributed by atoms with Gasteiger partial charge in [0.1, 0.15) is 23.5 Å². The first-order valence-corrected chi connectivity index (χ1v) is 35.8. The summed E-state index contributed by atoms with van der Waals surface area (Å²) < 4.78 is 0. The van der Waals surface area contributed by atoms with Crippen LogP contribution in [0.1, 0.15) is 87.1 Å². The van der Waals surface area contributed by atoms with Crippen LogP contribution in [0.5, 0.6) is 0 Å². The van der Waals surface area contributed by atoms with E-state index in [1.54, 1.807) is 0 Å². The molecule has 6 nitrogen and oxygen atoms in total. The van der Waals surface area contributed by atoms with Gasteiger partial charge in [-0.25, -0.2) is 0 Å². The third kappa shape index (κ3) is 16.3. The Bertz CT molecular complexity index is 4600. The Balaban J connectivity index is 0.864. The highest BCUT2D eigenvalue weighted by Gasteiger charge is 2.23. The van der Waals surface area contributed by atoms with Crippen LogP contribution in [0.25, 0.3) is 0 Å². The molecule has 13 aromatic rings. The van der Waals surface area contributed by atoms with Crippen molar-refractivity contribution in [2.45, 2.75) is 92.4 Å². The van der Waals surface area contributed by atoms with Crippen LogP contribution in [-0.2, 0) is 19.3 Å². The van der Waals surface area contributed by atoms with E-state index >= 15 is 0 Å². The minimum absolute atomic E-state index is 0.709. The number of hydrogen-bond donors (Lipinski definition) is 0. The van der Waals surface area contributed by atoms with E-state index in [1.807, 2.05) is 36.4 Å². The minimum Gasteiger partial charge on any atom is -0.311 e. The molecule has 0 amide bonds. The Morgan fingerprint density at radius 3 is 0.436 bits per heavy atom. The lowest BCUT2D eigenvalue weighted by Crippen LogP contribution is -2.14. The van der Waals surface area contributed by atoms with Crippen LogP contribution >= 0.6 is 0 Å². The summed E-state index contributed by atoms with van der Waals surface area (Å²) in [5, 5.41) is 0. The standard InChI is InChI=1S/C92H85B3N6/c1-6-9-12-69-19-35-77(36-20-69)96(75-31-15-67(4)16-32-75)83-47-57-88(58-48-83)100(82-45-29-74(95)30-46-82)89-59-49-84(50-60-89)97(76-33-17-68(5)18-34-76)85-51-61-90(62-52-85)101(91-63-53-86(54-64-91)98(80-41-25-72(93)26-42-80)78-37-21-70(22-38-78)13-10-7-2)92-65-55-87(56-66-92)99(81-43-27-73(94)28-44-81)79-39-23-71(24-40-79)14-11-8-3/h15-66H,6-14H2,1-5H3. The summed E-state index contributed by atoms with van der Waals surface area (Å²) in [4.78, 5) is 13.9. The minimum atomic E-state index is 0.709. The predicted molar refractivity (Wildman–Crippen MR) is 436 cm³/mol. The normalized spacial score (nSPS) is 11.1. The topological polar surface area (TPSA) is 19.4 Å². The Morgan fingerprint density at radius 1 is 0.178 bits per heavy atom. The Hall–Kier alpha value is -11.1. The van der Waals surface area contributed by atoms with Gasteiger partial charge in [0.2, 0.25) is 0 Å². The molecule has 0 aliphatic carbocycles. The first kappa shape index (κ1) is 68.4. The van der Waals surface area contributed by atoms with Crippen LogP contribution in [0.15, 0.2) is 315 Å². The van der Waals surface area contributed by atoms with Gasteiger partial charge in [-0.1, -0.05) is 165 Å². The molecule has 0 aliphatic heterocycles. The fraction of sp³-hybridized carbons (Fsp3) is 0.152. The second-order valence-corrected chi connectivity index (χ2v) is 26.4. The molecule has 492 valence electrons. The molecule has 0 spiro atoms. The molecule has 0 aromatic heterocycles. The zero-order valence-corrected chi connectivity index (χ0v) is 58.8. The molecule has 0 fully saturated rings. The number of rotatable bonds is 27. The molecule has 0 bridgehead atoms. The van der Waals surface area contributed by atoms with E-state index < -0.39 is 0 Å². The summed E-state index contributed by atoms with van der Waals surface area (Å²) in [5.41, 5.74) is 27.2. The first-order chi connectivity index (χ1) is 49.5. The van der Waals surface area contributed by atoms with Crippen molar-refractivity contribution in [3.63, 3.8) is 0 Å². The Kier molecular flexibility index (Phi) is 21.8. The van der Waals surface area contributed by atoms with Crippen molar-refractivity contribution in [2.24, 2.45) is 0 Å². The lowest BCUT2D eigenvalue weighted by atomic mass is 9.96. The molecule has 0 heterocycles. The molecule has 0 saturated carbocycles. The van der Waals surface area contributed by atoms with Gasteiger partial charge in [0, 0.05) is 102 Å². The zero-order chi connectivity index (χ0) is 69.6. The number of unbranched alkanes of at least 4 members (excludes halogenated alkanes) is 3. The van der Waals surface area contributed by atoms with E-state index in [0.717, 1.165) is 158 Å². The highest BCUT2D eigenvalue weighted by molar-refractivity contribution is 6.33. The zero-order valence-electron chi connectivity index (χ0n) is 58.8. The van der Waals surface area contributed by atoms with Gasteiger partial charge in [-0.15, -0.1) is 0 Å². The maximum Gasteiger partial charge on any atom is 0.113 e. The number of benzene rings is 13. The van der Waals surface area contributed by atoms with Crippen molar-refractivity contribution < 1.29 is 0 Å². The molecule has 0 atom stereocenters. The highest BCUT2D eigenvalue weighted by atomic mass is 15.2. The van der Waals surface area contributed by atoms with Crippen LogP contribution < -0.4 is 45.8 Å². The van der Waals surface area contributed by atoms with E-state index in [0.29, 0.717) is 5.46 Å². The quantitative estimate of drug-likeness (QED) is 0.0475. The molecule has 9 heteroatoms. The third-order valence-electron chi connectivity index (χ3n) is 18.9. The van der Waals surface area contributed by atoms with Crippen molar-refractivity contribution in [3.8, 4) is 0 Å². The fourth-order valence-corrected chi connectivity index (χ4v) is 13.3. The van der Waals surface area contributed by atoms with Gasteiger partial charge in [0.05, 0.1) is 0 Å². The second-order valence-electron chi connectivity index (χ2n) is 26.4. The lowest BCUT2D eigenvalue weighted by molar-refractivity contribution is 0.795. The van der Waals surface area contributed by atoms with Crippen LogP contribution in [0.2, 0.25) is 0 Å². The third-order valence-corrected chi connectivity index (χ3v) is 18.9. The van der Waals surface area contributed by atoms with Gasteiger partial charge >= 0.3 is 0 Å². The summed E-state index contributed by atoms with van der Waals surface area (Å²) in [5.74, 6) is 0. The van der Waals surface area contributed by atoms with Crippen molar-refractivity contribution in [3.05, 3.63) is 343 Å². The van der Waals surface area contributed by atoms with Crippen molar-refractivity contribution >= 4 is 142 Å². The average Bonchev–Trinajstić information content (AvgIpc) is 0.791. The van der Waals surface area contributed by atoms with Gasteiger partial charge in [-0.2, -0.15) is 0 Å². The molecule has 13 rings (SSSR count). The molecule has 6 radical (unpaired) electrons. The molecule has 0 N–H and O–H groups in total. The Labute approximate surface area is 603 Å². The van der Waals surface area contributed by atoms with Crippen molar-refractivity contribution in [1.82, 2.24) is 0 Å². The van der Waals surface area contributed by atoms with Crippen LogP contribution in [0.4, 0.5) is 102 Å². The van der Waals surface area contributed by atoms with E-state index in [-0.39, 0.29) is 0 Å². The van der Waals surface area contributed by atoms with E-state index in [2.05, 4.69) is 343 Å². The van der Waals surface area contributed by atoms with Gasteiger partial charge in [0.25, 0.3) is 0 Å². The van der Waals surface area contributed by atoms with Gasteiger partial charge in [0.15, 0.2) is 0 Å². The number of aryl methyl sites for hydroxylation is 5. The summed E-state index contributed by atoms with van der Waals surface area (Å²) in [6, 6.07) is 114. The van der Waals surface area contributed by atoms with Gasteiger partial charge < -0.3 is 29.4 Å². The van der Waals surface area contributed by atoms with Crippen LogP contribution in [0.3, 0.4) is 0 Å². The highest BCUT2D eigenvalue weighted by Crippen LogP contribution is 2.46. The largest absolute Gasteiger partial charge is 0.311 e. The summed E-state index contributed by atoms with van der Waals surface area (Å²) in [7, 11) is 19.0. The second kappa shape index (κ2) is 32.2. The molecule has 0 aliphatic rings. The summed E-state index contributed by atoms with van der Waals surface area (Å²) in [6.45, 7) is 11.0. The van der Waals surface area contributed by atoms with Gasteiger partial charge in [-0.3, -0.25) is 0 Å². The number of nitrogens with zero attached hydrogens (tertiary/aromatic N) is 6. The molecule has 101 heavy (non-hydrogen) atoms. The van der Waals surface area contributed by atoms with Crippen molar-refractivity contribution in [1.29, 1.82) is 0 Å². The van der Waals surface area contributed by atoms with E-state index in [4.69, 9.17) is 23.5 Å². The summed E-state index contributed by atoms with van der Waals surface area (Å²) in [6.07, 6.45) is 10.2. The lowest BCUT2D eigenvalue weighted by Gasteiger charge is -2.31. The van der Waals surface area contributed by atoms with Crippen molar-refractivity contribution in [2.75, 3.05) is 29.4 Å². The van der Waals surface area contributed by atoms with E-state index in [9.17, 15) is 0 Å². The Morgan fingerprint density at radius 2 is 0.297 bits per heavy atom. The van der Waals surface area contributed by atoms with Crippen LogP contribution in [0, 0.1) is 13.8 Å². The maximum absolute atomic E-state index is 6.36. The maximum atomic E-state index is 6.36. The summed E-state index contributed by atoms with van der Waals surface area (Å²) >= 11 is 0. The van der Waals surface area contributed by atoms with Crippen LogP contribution in [-0.4, -0.2) is 23.5 Å². The smallest absolute Gasteiger partial charge is 0.113 e. The first-order valence-electron chi connectivity index (χ1n) is 35.8. The van der Waals surface area contributed by atoms with E-state index in [1.165, 1.54) is 40.7 Å². The SMILES string of the molecule is [B]c1ccc(N(c2ccc(CCCC)cc2)c2ccc(N(c3ccc(N(c4ccc([B])cc4)c4ccc(CCCC)cc4)cc3)c3ccc(N(c4ccc(C)cc4)c4ccc(N(c5ccc([B])cc5)c5ccc(N(c6ccc(C)cc6)c6ccc(CCCC)cc6)cc5)cc4)cc3)cc2)cc1. The molecule has 0 unspecified atom stereocenters. The molecular formula is C92H85B3N6. The average molecular weight is 1310 g/mol. The molecule has 0 saturated heterocycles.